The second-order valence-electron chi connectivity index (χ2n) is 3.43. The fraction of sp³-hybridized carbons (Fsp3) is 0.364. The molecule has 1 aromatic rings. The first kappa shape index (κ1) is 13.3. The van der Waals surface area contributed by atoms with Crippen molar-refractivity contribution in [3.8, 4) is 0 Å². The molecule has 1 N–H and O–H groups in total. The molecule has 0 spiro atoms. The number of rotatable bonds is 4. The molecule has 16 heavy (non-hydrogen) atoms. The van der Waals surface area contributed by atoms with Crippen LogP contribution in [0.25, 0.3) is 0 Å². The first-order valence-corrected chi connectivity index (χ1v) is 5.98. The van der Waals surface area contributed by atoms with Gasteiger partial charge in [0.15, 0.2) is 0 Å². The van der Waals surface area contributed by atoms with Crippen molar-refractivity contribution < 1.29 is 9.53 Å². The Morgan fingerprint density at radius 2 is 2.31 bits per heavy atom. The Morgan fingerprint density at radius 3 is 2.88 bits per heavy atom. The minimum Gasteiger partial charge on any atom is -0.469 e. The van der Waals surface area contributed by atoms with E-state index in [-0.39, 0.29) is 11.9 Å². The van der Waals surface area contributed by atoms with Crippen LogP contribution in [0, 0.1) is 5.92 Å². The van der Waals surface area contributed by atoms with Gasteiger partial charge in [-0.25, -0.2) is 0 Å². The first-order valence-electron chi connectivity index (χ1n) is 4.81. The fourth-order valence-electron chi connectivity index (χ4n) is 1.18. The summed E-state index contributed by atoms with van der Waals surface area (Å²) in [5, 5.41) is 3.72. The summed E-state index contributed by atoms with van der Waals surface area (Å²) in [6, 6.07) is 5.54. The minimum atomic E-state index is -0.235. The van der Waals surface area contributed by atoms with Crippen LogP contribution in [0.2, 0.25) is 5.02 Å². The van der Waals surface area contributed by atoms with Gasteiger partial charge in [-0.05, 0) is 18.2 Å². The van der Waals surface area contributed by atoms with E-state index in [1.807, 2.05) is 12.1 Å². The molecule has 1 atom stereocenters. The predicted octanol–water partition coefficient (Wildman–Crippen LogP) is 3.32. The maximum atomic E-state index is 11.2. The van der Waals surface area contributed by atoms with Crippen LogP contribution in [0.5, 0.6) is 0 Å². The van der Waals surface area contributed by atoms with Crippen molar-refractivity contribution in [2.24, 2.45) is 5.92 Å². The fourth-order valence-corrected chi connectivity index (χ4v) is 1.92. The number of esters is 1. The third kappa shape index (κ3) is 3.68. The number of benzene rings is 1. The van der Waals surface area contributed by atoms with Crippen molar-refractivity contribution in [2.75, 3.05) is 19.0 Å². The number of carbonyl (C=O) groups excluding carboxylic acids is 1. The molecule has 0 bridgehead atoms. The quantitative estimate of drug-likeness (QED) is 0.867. The van der Waals surface area contributed by atoms with E-state index >= 15 is 0 Å². The van der Waals surface area contributed by atoms with Gasteiger partial charge in [-0.15, -0.1) is 0 Å². The Balaban J connectivity index is 2.58. The maximum Gasteiger partial charge on any atom is 0.310 e. The summed E-state index contributed by atoms with van der Waals surface area (Å²) in [5.41, 5.74) is 0.806. The van der Waals surface area contributed by atoms with Crippen LogP contribution in [-0.4, -0.2) is 19.6 Å². The van der Waals surface area contributed by atoms with Crippen LogP contribution in [0.4, 0.5) is 5.69 Å². The Labute approximate surface area is 108 Å². The van der Waals surface area contributed by atoms with Gasteiger partial charge >= 0.3 is 5.97 Å². The van der Waals surface area contributed by atoms with Crippen LogP contribution in [0.1, 0.15) is 6.92 Å². The van der Waals surface area contributed by atoms with Crippen LogP contribution in [-0.2, 0) is 9.53 Å². The molecular formula is C11H13BrClNO2. The van der Waals surface area contributed by atoms with Crippen LogP contribution in [0.3, 0.4) is 0 Å². The highest BCUT2D eigenvalue weighted by molar-refractivity contribution is 9.10. The summed E-state index contributed by atoms with van der Waals surface area (Å²) < 4.78 is 5.55. The van der Waals surface area contributed by atoms with E-state index in [4.69, 9.17) is 11.6 Å². The van der Waals surface area contributed by atoms with E-state index in [2.05, 4.69) is 26.0 Å². The first-order chi connectivity index (χ1) is 7.54. The molecule has 3 nitrogen and oxygen atoms in total. The van der Waals surface area contributed by atoms with Crippen LogP contribution in [0.15, 0.2) is 22.7 Å². The largest absolute Gasteiger partial charge is 0.469 e. The summed E-state index contributed by atoms with van der Waals surface area (Å²) in [7, 11) is 1.38. The Morgan fingerprint density at radius 1 is 1.62 bits per heavy atom. The van der Waals surface area contributed by atoms with Gasteiger partial charge in [-0.3, -0.25) is 4.79 Å². The molecule has 0 fully saturated rings. The van der Waals surface area contributed by atoms with Gasteiger partial charge in [0, 0.05) is 11.0 Å². The van der Waals surface area contributed by atoms with Crippen molar-refractivity contribution in [2.45, 2.75) is 6.92 Å². The van der Waals surface area contributed by atoms with Crippen LogP contribution < -0.4 is 5.32 Å². The van der Waals surface area contributed by atoms with Gasteiger partial charge in [-0.2, -0.15) is 0 Å². The van der Waals surface area contributed by atoms with E-state index in [1.165, 1.54) is 7.11 Å². The number of carbonyl (C=O) groups is 1. The maximum absolute atomic E-state index is 11.2. The van der Waals surface area contributed by atoms with E-state index in [0.717, 1.165) is 10.2 Å². The van der Waals surface area contributed by atoms with E-state index in [0.29, 0.717) is 11.6 Å². The second-order valence-corrected chi connectivity index (χ2v) is 4.75. The SMILES string of the molecule is COC(=O)C(C)CNc1ccc(Br)cc1Cl. The lowest BCUT2D eigenvalue weighted by Gasteiger charge is -2.12. The number of nitrogens with one attached hydrogen (secondary N) is 1. The molecule has 0 saturated carbocycles. The molecule has 1 unspecified atom stereocenters. The van der Waals surface area contributed by atoms with Crippen molar-refractivity contribution in [3.05, 3.63) is 27.7 Å². The zero-order valence-corrected chi connectivity index (χ0v) is 11.4. The summed E-state index contributed by atoms with van der Waals surface area (Å²) >= 11 is 9.34. The number of hydrogen-bond donors (Lipinski definition) is 1. The third-order valence-electron chi connectivity index (χ3n) is 2.13. The predicted molar refractivity (Wildman–Crippen MR) is 68.8 cm³/mol. The second kappa shape index (κ2) is 6.11. The molecule has 0 aromatic heterocycles. The van der Waals surface area contributed by atoms with E-state index in [9.17, 15) is 4.79 Å². The average Bonchev–Trinajstić information content (AvgIpc) is 2.26. The standard InChI is InChI=1S/C11H13BrClNO2/c1-7(11(15)16-2)6-14-10-4-3-8(12)5-9(10)13/h3-5,7,14H,6H2,1-2H3. The Kier molecular flexibility index (Phi) is 5.09. The van der Waals surface area contributed by atoms with Gasteiger partial charge in [0.1, 0.15) is 0 Å². The number of anilines is 1. The van der Waals surface area contributed by atoms with Gasteiger partial charge < -0.3 is 10.1 Å². The lowest BCUT2D eigenvalue weighted by molar-refractivity contribution is -0.144. The number of hydrogen-bond acceptors (Lipinski definition) is 3. The number of ether oxygens (including phenoxy) is 1. The third-order valence-corrected chi connectivity index (χ3v) is 2.94. The molecule has 0 radical (unpaired) electrons. The highest BCUT2D eigenvalue weighted by Gasteiger charge is 2.12. The van der Waals surface area contributed by atoms with Crippen molar-refractivity contribution >= 4 is 39.2 Å². The van der Waals surface area contributed by atoms with Crippen molar-refractivity contribution in [1.82, 2.24) is 0 Å². The lowest BCUT2D eigenvalue weighted by Crippen LogP contribution is -2.21. The highest BCUT2D eigenvalue weighted by atomic mass is 79.9. The summed E-state index contributed by atoms with van der Waals surface area (Å²) in [4.78, 5) is 11.2. The smallest absolute Gasteiger partial charge is 0.310 e. The molecule has 0 aliphatic heterocycles. The van der Waals surface area contributed by atoms with Gasteiger partial charge in [0.25, 0.3) is 0 Å². The van der Waals surface area contributed by atoms with Crippen molar-refractivity contribution in [3.63, 3.8) is 0 Å². The molecule has 88 valence electrons. The van der Waals surface area contributed by atoms with E-state index < -0.39 is 0 Å². The topological polar surface area (TPSA) is 38.3 Å². The Hall–Kier alpha value is -0.740. The molecule has 0 heterocycles. The average molecular weight is 307 g/mol. The summed E-state index contributed by atoms with van der Waals surface area (Å²) in [5.74, 6) is -0.439. The normalized spacial score (nSPS) is 12.0. The number of halogens is 2. The van der Waals surface area contributed by atoms with Crippen molar-refractivity contribution in [1.29, 1.82) is 0 Å². The molecule has 1 rings (SSSR count). The molecular weight excluding hydrogens is 293 g/mol. The summed E-state index contributed by atoms with van der Waals surface area (Å²) in [6.45, 7) is 2.29. The van der Waals surface area contributed by atoms with E-state index in [1.54, 1.807) is 13.0 Å². The molecule has 5 heteroatoms. The monoisotopic (exact) mass is 305 g/mol. The Bertz CT molecular complexity index is 384. The van der Waals surface area contributed by atoms with Gasteiger partial charge in [-0.1, -0.05) is 34.5 Å². The summed E-state index contributed by atoms with van der Waals surface area (Å²) in [6.07, 6.45) is 0. The number of methoxy groups -OCH3 is 1. The molecule has 0 aliphatic rings. The minimum absolute atomic E-state index is 0.204. The molecule has 1 aromatic carbocycles. The molecule has 0 aliphatic carbocycles. The zero-order valence-electron chi connectivity index (χ0n) is 9.09. The van der Waals surface area contributed by atoms with Crippen LogP contribution >= 0.6 is 27.5 Å². The van der Waals surface area contributed by atoms with Gasteiger partial charge in [0.2, 0.25) is 0 Å². The van der Waals surface area contributed by atoms with Gasteiger partial charge in [0.05, 0.1) is 23.7 Å². The zero-order chi connectivity index (χ0) is 12.1. The molecule has 0 saturated heterocycles. The highest BCUT2D eigenvalue weighted by Crippen LogP contribution is 2.25. The lowest BCUT2D eigenvalue weighted by atomic mass is 10.2. The molecule has 0 amide bonds.